The lowest BCUT2D eigenvalue weighted by Crippen LogP contribution is -2.26. The van der Waals surface area contributed by atoms with Gasteiger partial charge in [0.05, 0.1) is 5.69 Å². The largest absolute Gasteiger partial charge is 0.479 e. The molecule has 0 aromatic heterocycles. The predicted octanol–water partition coefficient (Wildman–Crippen LogP) is 4.66. The van der Waals surface area contributed by atoms with Crippen LogP contribution in [-0.4, -0.2) is 36.3 Å². The van der Waals surface area contributed by atoms with E-state index < -0.39 is 12.1 Å². The summed E-state index contributed by atoms with van der Waals surface area (Å²) in [6, 6.07) is 15.0. The molecule has 136 valence electrons. The van der Waals surface area contributed by atoms with E-state index in [2.05, 4.69) is 10.3 Å². The molecule has 0 fully saturated rings. The lowest BCUT2D eigenvalue weighted by atomic mass is 10.1. The summed E-state index contributed by atoms with van der Waals surface area (Å²) in [5, 5.41) is 18.8. The Kier molecular flexibility index (Phi) is 6.91. The van der Waals surface area contributed by atoms with Gasteiger partial charge in [0.25, 0.3) is 0 Å². The van der Waals surface area contributed by atoms with E-state index in [0.717, 1.165) is 16.8 Å². The molecule has 0 aliphatic heterocycles. The van der Waals surface area contributed by atoms with Crippen LogP contribution in [0.15, 0.2) is 58.9 Å². The molecule has 0 spiro atoms. The summed E-state index contributed by atoms with van der Waals surface area (Å²) >= 11 is 0. The molecule has 1 unspecified atom stereocenters. The number of benzene rings is 2. The monoisotopic (exact) mass is 353 g/mol. The summed E-state index contributed by atoms with van der Waals surface area (Å²) in [5.74, 6) is -0.414. The van der Waals surface area contributed by atoms with E-state index in [4.69, 9.17) is 4.74 Å². The average molecular weight is 353 g/mol. The van der Waals surface area contributed by atoms with Crippen LogP contribution < -0.4 is 4.74 Å². The Morgan fingerprint density at radius 1 is 1.15 bits per heavy atom. The third-order valence-corrected chi connectivity index (χ3v) is 3.52. The Morgan fingerprint density at radius 3 is 2.46 bits per heavy atom. The zero-order valence-corrected chi connectivity index (χ0v) is 15.2. The molecule has 2 aromatic rings. The molecular formula is C20H23N3O3. The van der Waals surface area contributed by atoms with Crippen molar-refractivity contribution in [1.82, 2.24) is 5.01 Å². The van der Waals surface area contributed by atoms with Gasteiger partial charge in [0.15, 0.2) is 6.10 Å². The van der Waals surface area contributed by atoms with Crippen LogP contribution in [0.5, 0.6) is 5.75 Å². The second kappa shape index (κ2) is 9.36. The fraction of sp³-hybridized carbons (Fsp3) is 0.250. The summed E-state index contributed by atoms with van der Waals surface area (Å²) in [4.78, 5) is 11.2. The fourth-order valence-electron chi connectivity index (χ4n) is 2.17. The minimum absolute atomic E-state index is 0.399. The van der Waals surface area contributed by atoms with Gasteiger partial charge in [-0.1, -0.05) is 54.6 Å². The highest BCUT2D eigenvalue weighted by Gasteiger charge is 2.17. The van der Waals surface area contributed by atoms with E-state index in [1.807, 2.05) is 68.7 Å². The molecule has 1 N–H and O–H groups in total. The number of carboxylic acid groups (broad SMARTS) is 1. The highest BCUT2D eigenvalue weighted by Crippen LogP contribution is 2.23. The zero-order chi connectivity index (χ0) is 18.9. The maximum Gasteiger partial charge on any atom is 0.344 e. The number of hydrogen-bond donors (Lipinski definition) is 1. The molecule has 0 saturated carbocycles. The molecule has 6 heteroatoms. The van der Waals surface area contributed by atoms with Crippen molar-refractivity contribution < 1.29 is 14.6 Å². The quantitative estimate of drug-likeness (QED) is 0.425. The van der Waals surface area contributed by atoms with Gasteiger partial charge in [-0.15, -0.1) is 5.11 Å². The Hall–Kier alpha value is -3.15. The van der Waals surface area contributed by atoms with Gasteiger partial charge < -0.3 is 9.84 Å². The number of rotatable bonds is 8. The molecule has 0 amide bonds. The fourth-order valence-corrected chi connectivity index (χ4v) is 2.17. The van der Waals surface area contributed by atoms with E-state index in [9.17, 15) is 9.90 Å². The highest BCUT2D eigenvalue weighted by molar-refractivity contribution is 5.75. The van der Waals surface area contributed by atoms with Crippen LogP contribution in [0.25, 0.3) is 12.2 Å². The molecular weight excluding hydrogens is 330 g/mol. The van der Waals surface area contributed by atoms with Crippen molar-refractivity contribution in [2.45, 2.75) is 19.4 Å². The molecule has 0 saturated heterocycles. The van der Waals surface area contributed by atoms with Crippen LogP contribution in [0.4, 0.5) is 5.69 Å². The molecule has 0 aliphatic rings. The van der Waals surface area contributed by atoms with E-state index in [1.54, 1.807) is 18.0 Å². The summed E-state index contributed by atoms with van der Waals surface area (Å²) < 4.78 is 5.64. The molecule has 6 nitrogen and oxygen atoms in total. The van der Waals surface area contributed by atoms with Gasteiger partial charge >= 0.3 is 5.97 Å². The van der Waals surface area contributed by atoms with Crippen molar-refractivity contribution >= 4 is 23.8 Å². The van der Waals surface area contributed by atoms with Gasteiger partial charge in [-0.3, -0.25) is 5.01 Å². The SMILES string of the molecule is CCC(Oc1ccccc1C=Cc1ccc(/N=N/N(C)C)cc1)C(=O)O. The van der Waals surface area contributed by atoms with E-state index in [1.165, 1.54) is 0 Å². The second-order valence-corrected chi connectivity index (χ2v) is 5.85. The number of carboxylic acids is 1. The van der Waals surface area contributed by atoms with Crippen LogP contribution in [0.3, 0.4) is 0 Å². The van der Waals surface area contributed by atoms with E-state index in [-0.39, 0.29) is 0 Å². The first kappa shape index (κ1) is 19.2. The molecule has 0 heterocycles. The zero-order valence-electron chi connectivity index (χ0n) is 15.2. The van der Waals surface area contributed by atoms with Gasteiger partial charge in [-0.05, 0) is 30.2 Å². The van der Waals surface area contributed by atoms with E-state index in [0.29, 0.717) is 12.2 Å². The Bertz CT molecular complexity index is 783. The normalized spacial score (nSPS) is 12.4. The standard InChI is InChI=1S/C20H23N3O3/c1-4-18(20(24)25)26-19-8-6-5-7-16(19)12-9-15-10-13-17(14-11-15)21-22-23(2)3/h5-14,18H,4H2,1-3H3,(H,24,25)/b12-9?,22-21+. The molecule has 26 heavy (non-hydrogen) atoms. The lowest BCUT2D eigenvalue weighted by molar-refractivity contribution is -0.145. The number of aliphatic carboxylic acids is 1. The van der Waals surface area contributed by atoms with Crippen LogP contribution in [0.2, 0.25) is 0 Å². The number of hydrogen-bond acceptors (Lipinski definition) is 4. The average Bonchev–Trinajstić information content (AvgIpc) is 2.64. The second-order valence-electron chi connectivity index (χ2n) is 5.85. The predicted molar refractivity (Wildman–Crippen MR) is 102 cm³/mol. The number of ether oxygens (including phenoxy) is 1. The van der Waals surface area contributed by atoms with Crippen molar-refractivity contribution in [3.05, 3.63) is 59.7 Å². The van der Waals surface area contributed by atoms with Gasteiger partial charge in [0.1, 0.15) is 5.75 Å². The maximum atomic E-state index is 11.2. The minimum Gasteiger partial charge on any atom is -0.479 e. The topological polar surface area (TPSA) is 74.5 Å². The van der Waals surface area contributed by atoms with Crippen molar-refractivity contribution in [2.24, 2.45) is 10.3 Å². The number of para-hydroxylation sites is 1. The van der Waals surface area contributed by atoms with Gasteiger partial charge in [0, 0.05) is 19.7 Å². The summed E-state index contributed by atoms with van der Waals surface area (Å²) in [6.45, 7) is 1.78. The van der Waals surface area contributed by atoms with Crippen LogP contribution >= 0.6 is 0 Å². The van der Waals surface area contributed by atoms with Gasteiger partial charge in [-0.25, -0.2) is 4.79 Å². The van der Waals surface area contributed by atoms with Gasteiger partial charge in [-0.2, -0.15) is 0 Å². The lowest BCUT2D eigenvalue weighted by Gasteiger charge is -2.15. The Balaban J connectivity index is 2.14. The summed E-state index contributed by atoms with van der Waals surface area (Å²) in [6.07, 6.45) is 3.39. The third kappa shape index (κ3) is 5.73. The molecule has 1 atom stereocenters. The Morgan fingerprint density at radius 2 is 1.85 bits per heavy atom. The third-order valence-electron chi connectivity index (χ3n) is 3.52. The van der Waals surface area contributed by atoms with Crippen molar-refractivity contribution in [1.29, 1.82) is 0 Å². The van der Waals surface area contributed by atoms with Crippen LogP contribution in [0, 0.1) is 0 Å². The van der Waals surface area contributed by atoms with Crippen molar-refractivity contribution in [3.63, 3.8) is 0 Å². The first-order valence-electron chi connectivity index (χ1n) is 8.35. The minimum atomic E-state index is -0.964. The first-order valence-corrected chi connectivity index (χ1v) is 8.35. The van der Waals surface area contributed by atoms with Gasteiger partial charge in [0.2, 0.25) is 0 Å². The van der Waals surface area contributed by atoms with E-state index >= 15 is 0 Å². The molecule has 0 aliphatic carbocycles. The molecule has 2 rings (SSSR count). The van der Waals surface area contributed by atoms with Crippen LogP contribution in [0.1, 0.15) is 24.5 Å². The smallest absolute Gasteiger partial charge is 0.344 e. The molecule has 0 bridgehead atoms. The maximum absolute atomic E-state index is 11.2. The van der Waals surface area contributed by atoms with Crippen molar-refractivity contribution in [2.75, 3.05) is 14.1 Å². The van der Waals surface area contributed by atoms with Crippen molar-refractivity contribution in [3.8, 4) is 5.75 Å². The number of carbonyl (C=O) groups is 1. The summed E-state index contributed by atoms with van der Waals surface area (Å²) in [7, 11) is 3.63. The highest BCUT2D eigenvalue weighted by atomic mass is 16.5. The number of nitrogens with zero attached hydrogens (tertiary/aromatic N) is 3. The first-order chi connectivity index (χ1) is 12.5. The molecule has 0 radical (unpaired) electrons. The Labute approximate surface area is 153 Å². The summed E-state index contributed by atoms with van der Waals surface area (Å²) in [5.41, 5.74) is 2.59. The molecule has 2 aromatic carbocycles. The van der Waals surface area contributed by atoms with Crippen LogP contribution in [-0.2, 0) is 4.79 Å².